The molecule has 1 aliphatic rings. The van der Waals surface area contributed by atoms with Gasteiger partial charge in [-0.05, 0) is 38.5 Å². The molecule has 0 bridgehead atoms. The van der Waals surface area contributed by atoms with Gasteiger partial charge in [-0.3, -0.25) is 15.1 Å². The van der Waals surface area contributed by atoms with Gasteiger partial charge in [-0.1, -0.05) is 22.0 Å². The van der Waals surface area contributed by atoms with Gasteiger partial charge in [0.25, 0.3) is 5.91 Å². The van der Waals surface area contributed by atoms with Crippen LogP contribution in [0.3, 0.4) is 0 Å². The quantitative estimate of drug-likeness (QED) is 0.494. The molecule has 5 nitrogen and oxygen atoms in total. The summed E-state index contributed by atoms with van der Waals surface area (Å²) in [7, 11) is 0. The molecule has 1 aromatic rings. The second kappa shape index (κ2) is 6.44. The highest BCUT2D eigenvalue weighted by Crippen LogP contribution is 2.25. The summed E-state index contributed by atoms with van der Waals surface area (Å²) < 4.78 is 6.83. The number of nitrogens with zero attached hydrogens (tertiary/aromatic N) is 1. The van der Waals surface area contributed by atoms with Crippen LogP contribution in [0.25, 0.3) is 0 Å². The lowest BCUT2D eigenvalue weighted by molar-refractivity contribution is -0.130. The third-order valence-electron chi connectivity index (χ3n) is 3.48. The Morgan fingerprint density at radius 1 is 1.57 bits per heavy atom. The summed E-state index contributed by atoms with van der Waals surface area (Å²) in [6, 6.07) is 5.55. The van der Waals surface area contributed by atoms with Gasteiger partial charge in [-0.15, -0.1) is 0 Å². The largest absolute Gasteiger partial charge is 0.370 e. The number of nitrogen functional groups attached to an aromatic ring is 1. The SMILES string of the molecule is CC1CN(Cc2ccc(C(=O)NN)cc2Br)CC(C)(C)O1. The average molecular weight is 356 g/mol. The lowest BCUT2D eigenvalue weighted by atomic mass is 10.0. The fraction of sp³-hybridized carbons (Fsp3) is 0.533. The number of nitrogens with one attached hydrogen (secondary N) is 1. The average Bonchev–Trinajstić information content (AvgIpc) is 2.37. The molecule has 1 atom stereocenters. The van der Waals surface area contributed by atoms with Crippen LogP contribution in [-0.4, -0.2) is 35.6 Å². The Bertz CT molecular complexity index is 534. The first-order valence-electron chi connectivity index (χ1n) is 7.00. The summed E-state index contributed by atoms with van der Waals surface area (Å²) in [5.41, 5.74) is 3.70. The van der Waals surface area contributed by atoms with E-state index in [9.17, 15) is 4.79 Å². The third-order valence-corrected chi connectivity index (χ3v) is 4.22. The van der Waals surface area contributed by atoms with Crippen molar-refractivity contribution in [1.82, 2.24) is 10.3 Å². The summed E-state index contributed by atoms with van der Waals surface area (Å²) in [4.78, 5) is 13.9. The van der Waals surface area contributed by atoms with E-state index >= 15 is 0 Å². The Kier molecular flexibility index (Phi) is 5.03. The second-order valence-corrected chi connectivity index (χ2v) is 6.99. The minimum Gasteiger partial charge on any atom is -0.370 e. The lowest BCUT2D eigenvalue weighted by Crippen LogP contribution is -2.51. The van der Waals surface area contributed by atoms with Crippen LogP contribution in [0.4, 0.5) is 0 Å². The number of hydrazine groups is 1. The maximum atomic E-state index is 11.5. The number of carbonyl (C=O) groups is 1. The van der Waals surface area contributed by atoms with Gasteiger partial charge in [-0.2, -0.15) is 0 Å². The molecular formula is C15H22BrN3O2. The number of nitrogens with two attached hydrogens (primary N) is 1. The third kappa shape index (κ3) is 4.26. The van der Waals surface area contributed by atoms with Gasteiger partial charge in [-0.25, -0.2) is 5.84 Å². The van der Waals surface area contributed by atoms with Crippen molar-refractivity contribution in [2.45, 2.75) is 39.0 Å². The maximum Gasteiger partial charge on any atom is 0.265 e. The maximum absolute atomic E-state index is 11.5. The molecular weight excluding hydrogens is 334 g/mol. The number of carbonyl (C=O) groups excluding carboxylic acids is 1. The number of morpholine rings is 1. The molecule has 116 valence electrons. The van der Waals surface area contributed by atoms with Crippen molar-refractivity contribution in [2.24, 2.45) is 5.84 Å². The first-order chi connectivity index (χ1) is 9.80. The van der Waals surface area contributed by atoms with E-state index in [1.165, 1.54) is 0 Å². The molecule has 0 aromatic heterocycles. The molecule has 1 fully saturated rings. The molecule has 1 aliphatic heterocycles. The smallest absolute Gasteiger partial charge is 0.265 e. The molecule has 0 saturated carbocycles. The Balaban J connectivity index is 2.11. The minimum atomic E-state index is -0.289. The van der Waals surface area contributed by atoms with Crippen molar-refractivity contribution >= 4 is 21.8 Å². The second-order valence-electron chi connectivity index (χ2n) is 6.14. The van der Waals surface area contributed by atoms with Gasteiger partial charge in [0, 0.05) is 29.7 Å². The molecule has 1 unspecified atom stereocenters. The predicted molar refractivity (Wildman–Crippen MR) is 85.7 cm³/mol. The summed E-state index contributed by atoms with van der Waals surface area (Å²) >= 11 is 3.54. The number of hydrogen-bond acceptors (Lipinski definition) is 4. The standard InChI is InChI=1S/C15H22BrN3O2/c1-10-7-19(9-15(2,3)21-10)8-12-5-4-11(6-13(12)16)14(20)18-17/h4-6,10H,7-9,17H2,1-3H3,(H,18,20). The van der Waals surface area contributed by atoms with Crippen LogP contribution in [0.5, 0.6) is 0 Å². The van der Waals surface area contributed by atoms with E-state index in [0.717, 1.165) is 29.7 Å². The molecule has 0 aliphatic carbocycles. The lowest BCUT2D eigenvalue weighted by Gasteiger charge is -2.41. The topological polar surface area (TPSA) is 67.6 Å². The van der Waals surface area contributed by atoms with Gasteiger partial charge in [0.1, 0.15) is 0 Å². The first-order valence-corrected chi connectivity index (χ1v) is 7.79. The van der Waals surface area contributed by atoms with Crippen molar-refractivity contribution in [3.8, 4) is 0 Å². The minimum absolute atomic E-state index is 0.135. The first kappa shape index (κ1) is 16.4. The summed E-state index contributed by atoms with van der Waals surface area (Å²) in [6.07, 6.45) is 0.217. The number of hydrogen-bond donors (Lipinski definition) is 2. The van der Waals surface area contributed by atoms with E-state index in [0.29, 0.717) is 5.56 Å². The van der Waals surface area contributed by atoms with Gasteiger partial charge < -0.3 is 4.74 Å². The van der Waals surface area contributed by atoms with Crippen molar-refractivity contribution < 1.29 is 9.53 Å². The van der Waals surface area contributed by atoms with E-state index in [1.807, 2.05) is 6.07 Å². The van der Waals surface area contributed by atoms with E-state index in [4.69, 9.17) is 10.6 Å². The Labute approximate surface area is 133 Å². The van der Waals surface area contributed by atoms with E-state index < -0.39 is 0 Å². The molecule has 1 heterocycles. The molecule has 21 heavy (non-hydrogen) atoms. The van der Waals surface area contributed by atoms with E-state index in [2.05, 4.69) is 47.0 Å². The van der Waals surface area contributed by atoms with Crippen LogP contribution in [-0.2, 0) is 11.3 Å². The van der Waals surface area contributed by atoms with Gasteiger partial charge >= 0.3 is 0 Å². The van der Waals surface area contributed by atoms with E-state index in [1.54, 1.807) is 12.1 Å². The predicted octanol–water partition coefficient (Wildman–Crippen LogP) is 2.05. The highest BCUT2D eigenvalue weighted by molar-refractivity contribution is 9.10. The van der Waals surface area contributed by atoms with Crippen molar-refractivity contribution in [3.05, 3.63) is 33.8 Å². The number of ether oxygens (including phenoxy) is 1. The highest BCUT2D eigenvalue weighted by Gasteiger charge is 2.31. The highest BCUT2D eigenvalue weighted by atomic mass is 79.9. The molecule has 1 aromatic carbocycles. The van der Waals surface area contributed by atoms with Gasteiger partial charge in [0.15, 0.2) is 0 Å². The summed E-state index contributed by atoms with van der Waals surface area (Å²) in [5.74, 6) is 4.86. The number of amides is 1. The molecule has 0 spiro atoms. The fourth-order valence-corrected chi connectivity index (χ4v) is 3.35. The molecule has 2 rings (SSSR count). The summed E-state index contributed by atoms with van der Waals surface area (Å²) in [6.45, 7) is 8.92. The van der Waals surface area contributed by atoms with Crippen LogP contribution in [0.1, 0.15) is 36.7 Å². The van der Waals surface area contributed by atoms with Gasteiger partial charge in [0.2, 0.25) is 0 Å². The molecule has 1 amide bonds. The van der Waals surface area contributed by atoms with Gasteiger partial charge in [0.05, 0.1) is 11.7 Å². The van der Waals surface area contributed by atoms with Crippen LogP contribution in [0.2, 0.25) is 0 Å². The van der Waals surface area contributed by atoms with Crippen molar-refractivity contribution in [2.75, 3.05) is 13.1 Å². The number of halogens is 1. The molecule has 3 N–H and O–H groups in total. The zero-order valence-electron chi connectivity index (χ0n) is 12.6. The molecule has 1 saturated heterocycles. The number of benzene rings is 1. The normalized spacial score (nSPS) is 22.0. The van der Waals surface area contributed by atoms with E-state index in [-0.39, 0.29) is 17.6 Å². The molecule has 6 heteroatoms. The van der Waals surface area contributed by atoms with Crippen LogP contribution >= 0.6 is 15.9 Å². The number of rotatable bonds is 3. The summed E-state index contributed by atoms with van der Waals surface area (Å²) in [5, 5.41) is 0. The molecule has 0 radical (unpaired) electrons. The fourth-order valence-electron chi connectivity index (χ4n) is 2.85. The van der Waals surface area contributed by atoms with Crippen LogP contribution < -0.4 is 11.3 Å². The Hall–Kier alpha value is -0.950. The Morgan fingerprint density at radius 3 is 2.86 bits per heavy atom. The zero-order valence-corrected chi connectivity index (χ0v) is 14.2. The zero-order chi connectivity index (χ0) is 15.6. The van der Waals surface area contributed by atoms with Crippen molar-refractivity contribution in [1.29, 1.82) is 0 Å². The van der Waals surface area contributed by atoms with Crippen LogP contribution in [0, 0.1) is 0 Å². The Morgan fingerprint density at radius 2 is 2.29 bits per heavy atom. The monoisotopic (exact) mass is 355 g/mol. The van der Waals surface area contributed by atoms with Crippen LogP contribution in [0.15, 0.2) is 22.7 Å². The van der Waals surface area contributed by atoms with Crippen molar-refractivity contribution in [3.63, 3.8) is 0 Å².